The largest absolute Gasteiger partial charge is 0.504 e. The summed E-state index contributed by atoms with van der Waals surface area (Å²) in [6.45, 7) is 2.27. The van der Waals surface area contributed by atoms with E-state index in [2.05, 4.69) is 58.1 Å². The summed E-state index contributed by atoms with van der Waals surface area (Å²) in [7, 11) is 0. The minimum absolute atomic E-state index is 0.00550. The van der Waals surface area contributed by atoms with Crippen molar-refractivity contribution in [1.82, 2.24) is 0 Å². The van der Waals surface area contributed by atoms with Crippen molar-refractivity contribution in [3.8, 4) is 11.5 Å². The summed E-state index contributed by atoms with van der Waals surface area (Å²) < 4.78 is 7.58. The minimum atomic E-state index is -0.225. The number of hydrogen-bond donors (Lipinski definition) is 2. The molecule has 0 aliphatic heterocycles. The Kier molecular flexibility index (Phi) is 7.69. The summed E-state index contributed by atoms with van der Waals surface area (Å²) in [4.78, 5) is 17.0. The molecule has 0 unspecified atom stereocenters. The maximum Gasteiger partial charge on any atom is 0.256 e. The van der Waals surface area contributed by atoms with Gasteiger partial charge in [0.05, 0.1) is 23.4 Å². The van der Waals surface area contributed by atoms with Crippen LogP contribution in [0.4, 0.5) is 11.4 Å². The van der Waals surface area contributed by atoms with Crippen LogP contribution in [0.5, 0.6) is 11.5 Å². The predicted molar refractivity (Wildman–Crippen MR) is 130 cm³/mol. The van der Waals surface area contributed by atoms with Crippen LogP contribution in [0.2, 0.25) is 0 Å². The van der Waals surface area contributed by atoms with Crippen molar-refractivity contribution < 1.29 is 14.6 Å². The zero-order valence-corrected chi connectivity index (χ0v) is 20.6. The molecule has 8 heteroatoms. The number of nitrogens with one attached hydrogen (secondary N) is 1. The Hall–Kier alpha value is -2.16. The van der Waals surface area contributed by atoms with Crippen LogP contribution in [0.1, 0.15) is 22.8 Å². The van der Waals surface area contributed by atoms with E-state index in [0.29, 0.717) is 39.3 Å². The first-order valence-electron chi connectivity index (χ1n) is 8.94. The fourth-order valence-electron chi connectivity index (χ4n) is 2.64. The molecule has 0 aromatic heterocycles. The number of ether oxygens (including phenoxy) is 1. The Balaban J connectivity index is 1.85. The van der Waals surface area contributed by atoms with E-state index in [1.807, 2.05) is 19.1 Å². The molecule has 0 saturated carbocycles. The number of anilines is 1. The molecular formula is C22H17Br3N2O3. The lowest BCUT2D eigenvalue weighted by molar-refractivity contribution is 0.102. The Labute approximate surface area is 199 Å². The molecule has 0 fully saturated rings. The van der Waals surface area contributed by atoms with E-state index in [1.54, 1.807) is 48.7 Å². The van der Waals surface area contributed by atoms with E-state index in [0.717, 1.165) is 8.95 Å². The van der Waals surface area contributed by atoms with E-state index in [-0.39, 0.29) is 11.7 Å². The van der Waals surface area contributed by atoms with Crippen LogP contribution < -0.4 is 10.1 Å². The first kappa shape index (κ1) is 22.5. The monoisotopic (exact) mass is 594 g/mol. The van der Waals surface area contributed by atoms with Crippen LogP contribution >= 0.6 is 47.8 Å². The number of phenols is 1. The van der Waals surface area contributed by atoms with E-state index < -0.39 is 0 Å². The molecule has 3 rings (SSSR count). The number of phenolic OH excluding ortho intramolecular Hbond substituents is 1. The van der Waals surface area contributed by atoms with Crippen LogP contribution in [-0.2, 0) is 0 Å². The summed E-state index contributed by atoms with van der Waals surface area (Å²) in [5.74, 6) is 0.134. The standard InChI is InChI=1S/C22H17Br3N2O3/c1-2-30-19-11-18(24)20(25)16(21(19)28)12-26-13-6-5-7-14(10-13)27-22(29)15-8-3-4-9-17(15)23/h3-12,28H,2H2,1H3,(H,27,29). The van der Waals surface area contributed by atoms with Gasteiger partial charge in [0, 0.05) is 25.3 Å². The molecule has 0 aliphatic rings. The van der Waals surface area contributed by atoms with Gasteiger partial charge < -0.3 is 15.2 Å². The molecule has 1 amide bonds. The summed E-state index contributed by atoms with van der Waals surface area (Å²) in [5, 5.41) is 13.4. The number of aromatic hydroxyl groups is 1. The summed E-state index contributed by atoms with van der Waals surface area (Å²) >= 11 is 10.3. The van der Waals surface area contributed by atoms with Gasteiger partial charge >= 0.3 is 0 Å². The Morgan fingerprint density at radius 2 is 1.87 bits per heavy atom. The summed E-state index contributed by atoms with van der Waals surface area (Å²) in [6, 6.07) is 16.0. The average Bonchev–Trinajstić information content (AvgIpc) is 2.72. The van der Waals surface area contributed by atoms with Crippen LogP contribution in [0, 0.1) is 0 Å². The molecule has 30 heavy (non-hydrogen) atoms. The number of nitrogens with zero attached hydrogens (tertiary/aromatic N) is 1. The van der Waals surface area contributed by atoms with Gasteiger partial charge in [-0.25, -0.2) is 0 Å². The van der Waals surface area contributed by atoms with Crippen molar-refractivity contribution in [1.29, 1.82) is 0 Å². The number of carbonyl (C=O) groups is 1. The van der Waals surface area contributed by atoms with Gasteiger partial charge in [-0.3, -0.25) is 9.79 Å². The van der Waals surface area contributed by atoms with Crippen molar-refractivity contribution in [2.24, 2.45) is 4.99 Å². The molecule has 0 saturated heterocycles. The van der Waals surface area contributed by atoms with E-state index in [1.165, 1.54) is 0 Å². The first-order valence-corrected chi connectivity index (χ1v) is 11.3. The maximum atomic E-state index is 12.5. The molecule has 0 radical (unpaired) electrons. The molecule has 3 aromatic rings. The Bertz CT molecular complexity index is 1120. The fraction of sp³-hybridized carbons (Fsp3) is 0.0909. The van der Waals surface area contributed by atoms with Crippen molar-refractivity contribution >= 4 is 71.3 Å². The molecule has 2 N–H and O–H groups in total. The van der Waals surface area contributed by atoms with Gasteiger partial charge in [0.2, 0.25) is 0 Å². The van der Waals surface area contributed by atoms with Gasteiger partial charge in [-0.15, -0.1) is 0 Å². The molecule has 5 nitrogen and oxygen atoms in total. The van der Waals surface area contributed by atoms with Crippen molar-refractivity contribution in [2.45, 2.75) is 6.92 Å². The second-order valence-corrected chi connectivity index (χ2v) is 8.61. The molecule has 0 spiro atoms. The first-order chi connectivity index (χ1) is 14.4. The Morgan fingerprint density at radius 1 is 1.10 bits per heavy atom. The number of aliphatic imine (C=N–C) groups is 1. The smallest absolute Gasteiger partial charge is 0.256 e. The highest BCUT2D eigenvalue weighted by Crippen LogP contribution is 2.40. The highest BCUT2D eigenvalue weighted by molar-refractivity contribution is 9.13. The van der Waals surface area contributed by atoms with Crippen LogP contribution in [0.15, 0.2) is 73.0 Å². The lowest BCUT2D eigenvalue weighted by atomic mass is 10.2. The molecular weight excluding hydrogens is 580 g/mol. The lowest BCUT2D eigenvalue weighted by Gasteiger charge is -2.11. The SMILES string of the molecule is CCOc1cc(Br)c(Br)c(C=Nc2cccc(NC(=O)c3ccccc3Br)c2)c1O. The van der Waals surface area contributed by atoms with Crippen LogP contribution in [0.3, 0.4) is 0 Å². The zero-order chi connectivity index (χ0) is 21.7. The van der Waals surface area contributed by atoms with Gasteiger partial charge in [-0.1, -0.05) is 18.2 Å². The summed E-state index contributed by atoms with van der Waals surface area (Å²) in [5.41, 5.74) is 2.25. The van der Waals surface area contributed by atoms with Gasteiger partial charge in [-0.2, -0.15) is 0 Å². The quantitative estimate of drug-likeness (QED) is 0.299. The minimum Gasteiger partial charge on any atom is -0.504 e. The molecule has 154 valence electrons. The van der Waals surface area contributed by atoms with E-state index in [9.17, 15) is 9.90 Å². The molecule has 3 aromatic carbocycles. The second-order valence-electron chi connectivity index (χ2n) is 6.11. The average molecular weight is 597 g/mol. The van der Waals surface area contributed by atoms with Crippen molar-refractivity contribution in [3.05, 3.63) is 79.1 Å². The van der Waals surface area contributed by atoms with Crippen molar-refractivity contribution in [2.75, 3.05) is 11.9 Å². The van der Waals surface area contributed by atoms with Gasteiger partial charge in [0.15, 0.2) is 11.5 Å². The maximum absolute atomic E-state index is 12.5. The molecule has 0 aliphatic carbocycles. The van der Waals surface area contributed by atoms with Gasteiger partial charge in [0.25, 0.3) is 5.91 Å². The highest BCUT2D eigenvalue weighted by atomic mass is 79.9. The third-order valence-electron chi connectivity index (χ3n) is 4.06. The van der Waals surface area contributed by atoms with Gasteiger partial charge in [-0.05, 0) is 91.1 Å². The van der Waals surface area contributed by atoms with Crippen molar-refractivity contribution in [3.63, 3.8) is 0 Å². The highest BCUT2D eigenvalue weighted by Gasteiger charge is 2.15. The molecule has 0 heterocycles. The van der Waals surface area contributed by atoms with Gasteiger partial charge in [0.1, 0.15) is 0 Å². The zero-order valence-electron chi connectivity index (χ0n) is 15.8. The lowest BCUT2D eigenvalue weighted by Crippen LogP contribution is -2.12. The van der Waals surface area contributed by atoms with E-state index in [4.69, 9.17) is 4.74 Å². The Morgan fingerprint density at radius 3 is 2.60 bits per heavy atom. The number of benzene rings is 3. The third kappa shape index (κ3) is 5.30. The number of carbonyl (C=O) groups excluding carboxylic acids is 1. The number of hydrogen-bond acceptors (Lipinski definition) is 4. The molecule has 0 atom stereocenters. The van der Waals surface area contributed by atoms with E-state index >= 15 is 0 Å². The molecule has 0 bridgehead atoms. The fourth-order valence-corrected chi connectivity index (χ4v) is 3.93. The predicted octanol–water partition coefficient (Wildman–Crippen LogP) is 7.08. The number of amides is 1. The topological polar surface area (TPSA) is 70.9 Å². The van der Waals surface area contributed by atoms with Crippen LogP contribution in [-0.4, -0.2) is 23.8 Å². The summed E-state index contributed by atoms with van der Waals surface area (Å²) in [6.07, 6.45) is 1.54. The second kappa shape index (κ2) is 10.2. The van der Waals surface area contributed by atoms with Crippen LogP contribution in [0.25, 0.3) is 0 Å². The number of halogens is 3. The normalized spacial score (nSPS) is 10.9. The third-order valence-corrected chi connectivity index (χ3v) is 6.76. The number of rotatable bonds is 6.